The first kappa shape index (κ1) is 11.0. The minimum Gasteiger partial charge on any atom is -0.396 e. The number of aliphatic hydroxyl groups excluding tert-OH is 1. The van der Waals surface area contributed by atoms with Crippen molar-refractivity contribution >= 4 is 0 Å². The molecule has 1 aliphatic heterocycles. The summed E-state index contributed by atoms with van der Waals surface area (Å²) in [7, 11) is 0. The zero-order valence-electron chi connectivity index (χ0n) is 8.46. The summed E-state index contributed by atoms with van der Waals surface area (Å²) in [4.78, 5) is 0. The van der Waals surface area contributed by atoms with E-state index in [1.165, 1.54) is 6.42 Å². The molecule has 0 spiro atoms. The van der Waals surface area contributed by atoms with Gasteiger partial charge in [-0.2, -0.15) is 0 Å². The van der Waals surface area contributed by atoms with E-state index in [0.29, 0.717) is 6.61 Å². The highest BCUT2D eigenvalue weighted by atomic mass is 16.5. The van der Waals surface area contributed by atoms with Crippen molar-refractivity contribution in [2.45, 2.75) is 19.8 Å². The number of ether oxygens (including phenoxy) is 1. The van der Waals surface area contributed by atoms with Crippen molar-refractivity contribution in [1.29, 1.82) is 0 Å². The van der Waals surface area contributed by atoms with Gasteiger partial charge in [-0.05, 0) is 31.8 Å². The molecule has 1 aliphatic rings. The van der Waals surface area contributed by atoms with Crippen LogP contribution in [-0.4, -0.2) is 38.0 Å². The van der Waals surface area contributed by atoms with Crippen LogP contribution in [0.4, 0.5) is 0 Å². The normalized spacial score (nSPS) is 24.9. The Morgan fingerprint density at radius 2 is 2.46 bits per heavy atom. The lowest BCUT2D eigenvalue weighted by Crippen LogP contribution is -2.14. The van der Waals surface area contributed by atoms with Crippen LogP contribution in [0.15, 0.2) is 0 Å². The number of hydrogen-bond donors (Lipinski definition) is 2. The summed E-state index contributed by atoms with van der Waals surface area (Å²) in [5, 5.41) is 12.1. The third kappa shape index (κ3) is 4.60. The molecular formula is C10H21NO2. The van der Waals surface area contributed by atoms with E-state index in [0.717, 1.165) is 32.0 Å². The van der Waals surface area contributed by atoms with E-state index in [1.54, 1.807) is 0 Å². The maximum atomic E-state index is 8.76. The Bertz CT molecular complexity index is 124. The van der Waals surface area contributed by atoms with Crippen LogP contribution < -0.4 is 5.32 Å². The Morgan fingerprint density at radius 3 is 3.08 bits per heavy atom. The van der Waals surface area contributed by atoms with Crippen LogP contribution in [-0.2, 0) is 4.74 Å². The molecule has 3 heteroatoms. The molecule has 2 atom stereocenters. The van der Waals surface area contributed by atoms with Gasteiger partial charge >= 0.3 is 0 Å². The fourth-order valence-electron chi connectivity index (χ4n) is 1.55. The molecule has 0 amide bonds. The van der Waals surface area contributed by atoms with Gasteiger partial charge in [0.15, 0.2) is 0 Å². The summed E-state index contributed by atoms with van der Waals surface area (Å²) in [5.41, 5.74) is 0. The topological polar surface area (TPSA) is 41.5 Å². The molecule has 2 unspecified atom stereocenters. The van der Waals surface area contributed by atoms with Crippen molar-refractivity contribution in [1.82, 2.24) is 5.32 Å². The molecule has 0 bridgehead atoms. The first-order valence-corrected chi connectivity index (χ1v) is 5.22. The highest BCUT2D eigenvalue weighted by molar-refractivity contribution is 4.70. The summed E-state index contributed by atoms with van der Waals surface area (Å²) in [6.45, 7) is 6.08. The van der Waals surface area contributed by atoms with Gasteiger partial charge in [-0.25, -0.2) is 0 Å². The van der Waals surface area contributed by atoms with Gasteiger partial charge in [0.25, 0.3) is 0 Å². The maximum Gasteiger partial charge on any atom is 0.0513 e. The molecule has 0 saturated carbocycles. The quantitative estimate of drug-likeness (QED) is 0.599. The SMILES string of the molecule is CC(CO)COCCC1CCNC1. The van der Waals surface area contributed by atoms with Crippen LogP contribution in [0.3, 0.4) is 0 Å². The van der Waals surface area contributed by atoms with Gasteiger partial charge < -0.3 is 15.2 Å². The fourth-order valence-corrected chi connectivity index (χ4v) is 1.55. The van der Waals surface area contributed by atoms with Crippen LogP contribution in [0.2, 0.25) is 0 Å². The average molecular weight is 187 g/mol. The molecule has 3 nitrogen and oxygen atoms in total. The number of hydrogen-bond acceptors (Lipinski definition) is 3. The van der Waals surface area contributed by atoms with Crippen LogP contribution >= 0.6 is 0 Å². The molecule has 0 aromatic heterocycles. The summed E-state index contributed by atoms with van der Waals surface area (Å²) >= 11 is 0. The van der Waals surface area contributed by atoms with Crippen LogP contribution in [0.1, 0.15) is 19.8 Å². The lowest BCUT2D eigenvalue weighted by molar-refractivity contribution is 0.0727. The van der Waals surface area contributed by atoms with Crippen molar-refractivity contribution in [3.05, 3.63) is 0 Å². The molecule has 0 aromatic rings. The molecular weight excluding hydrogens is 166 g/mol. The van der Waals surface area contributed by atoms with E-state index in [1.807, 2.05) is 6.92 Å². The lowest BCUT2D eigenvalue weighted by Gasteiger charge is -2.11. The molecule has 13 heavy (non-hydrogen) atoms. The van der Waals surface area contributed by atoms with E-state index < -0.39 is 0 Å². The number of nitrogens with one attached hydrogen (secondary N) is 1. The number of rotatable bonds is 6. The maximum absolute atomic E-state index is 8.76. The van der Waals surface area contributed by atoms with Crippen LogP contribution in [0.25, 0.3) is 0 Å². The van der Waals surface area contributed by atoms with Crippen LogP contribution in [0, 0.1) is 11.8 Å². The Hall–Kier alpha value is -0.120. The van der Waals surface area contributed by atoms with E-state index >= 15 is 0 Å². The summed E-state index contributed by atoms with van der Waals surface area (Å²) in [5.74, 6) is 1.09. The van der Waals surface area contributed by atoms with Crippen molar-refractivity contribution in [2.75, 3.05) is 32.9 Å². The summed E-state index contributed by atoms with van der Waals surface area (Å²) in [6, 6.07) is 0. The molecule has 1 fully saturated rings. The van der Waals surface area contributed by atoms with Gasteiger partial charge in [0.2, 0.25) is 0 Å². The van der Waals surface area contributed by atoms with E-state index in [-0.39, 0.29) is 12.5 Å². The largest absolute Gasteiger partial charge is 0.396 e. The van der Waals surface area contributed by atoms with Crippen LogP contribution in [0.5, 0.6) is 0 Å². The first-order valence-electron chi connectivity index (χ1n) is 5.22. The molecule has 0 aliphatic carbocycles. The second-order valence-electron chi connectivity index (χ2n) is 4.01. The molecule has 1 saturated heterocycles. The second-order valence-corrected chi connectivity index (χ2v) is 4.01. The van der Waals surface area contributed by atoms with Gasteiger partial charge in [-0.3, -0.25) is 0 Å². The van der Waals surface area contributed by atoms with Crippen molar-refractivity contribution in [2.24, 2.45) is 11.8 Å². The molecule has 0 aromatic carbocycles. The third-order valence-electron chi connectivity index (χ3n) is 2.55. The Morgan fingerprint density at radius 1 is 1.62 bits per heavy atom. The monoisotopic (exact) mass is 187 g/mol. The Labute approximate surface area is 80.5 Å². The van der Waals surface area contributed by atoms with E-state index in [4.69, 9.17) is 9.84 Å². The Kier molecular flexibility index (Phi) is 5.35. The van der Waals surface area contributed by atoms with Gasteiger partial charge in [-0.1, -0.05) is 6.92 Å². The lowest BCUT2D eigenvalue weighted by atomic mass is 10.1. The first-order chi connectivity index (χ1) is 6.33. The predicted molar refractivity (Wildman–Crippen MR) is 52.7 cm³/mol. The average Bonchev–Trinajstić information content (AvgIpc) is 2.64. The van der Waals surface area contributed by atoms with Crippen molar-refractivity contribution < 1.29 is 9.84 Å². The van der Waals surface area contributed by atoms with Gasteiger partial charge in [0, 0.05) is 19.1 Å². The van der Waals surface area contributed by atoms with Gasteiger partial charge in [-0.15, -0.1) is 0 Å². The second kappa shape index (κ2) is 6.35. The third-order valence-corrected chi connectivity index (χ3v) is 2.55. The molecule has 1 heterocycles. The Balaban J connectivity index is 1.88. The summed E-state index contributed by atoms with van der Waals surface area (Å²) < 4.78 is 5.46. The zero-order chi connectivity index (χ0) is 9.52. The van der Waals surface area contributed by atoms with Gasteiger partial charge in [0.1, 0.15) is 0 Å². The minimum atomic E-state index is 0.227. The predicted octanol–water partition coefficient (Wildman–Crippen LogP) is 0.631. The van der Waals surface area contributed by atoms with Crippen molar-refractivity contribution in [3.8, 4) is 0 Å². The number of aliphatic hydroxyl groups is 1. The fraction of sp³-hybridized carbons (Fsp3) is 1.00. The highest BCUT2D eigenvalue weighted by Crippen LogP contribution is 2.11. The van der Waals surface area contributed by atoms with Gasteiger partial charge in [0.05, 0.1) is 6.61 Å². The van der Waals surface area contributed by atoms with Crippen molar-refractivity contribution in [3.63, 3.8) is 0 Å². The summed E-state index contributed by atoms with van der Waals surface area (Å²) in [6.07, 6.45) is 2.45. The molecule has 1 rings (SSSR count). The smallest absolute Gasteiger partial charge is 0.0513 e. The minimum absolute atomic E-state index is 0.227. The standard InChI is InChI=1S/C10H21NO2/c1-9(7-12)8-13-5-3-10-2-4-11-6-10/h9-12H,2-8H2,1H3. The molecule has 2 N–H and O–H groups in total. The zero-order valence-corrected chi connectivity index (χ0v) is 8.46. The molecule has 78 valence electrons. The van der Waals surface area contributed by atoms with E-state index in [2.05, 4.69) is 5.32 Å². The van der Waals surface area contributed by atoms with E-state index in [9.17, 15) is 0 Å². The molecule has 0 radical (unpaired) electrons. The highest BCUT2D eigenvalue weighted by Gasteiger charge is 2.13.